The fourth-order valence-corrected chi connectivity index (χ4v) is 8.88. The van der Waals surface area contributed by atoms with Gasteiger partial charge in [-0.1, -0.05) is 152 Å². The van der Waals surface area contributed by atoms with E-state index in [0.29, 0.717) is 0 Å². The molecule has 11 rings (SSSR count). The molecule has 10 aromatic rings. The number of benzene rings is 8. The van der Waals surface area contributed by atoms with Crippen LogP contribution in [0.5, 0.6) is 0 Å². The summed E-state index contributed by atoms with van der Waals surface area (Å²) in [7, 11) is 0. The molecule has 1 aliphatic rings. The maximum Gasteiger partial charge on any atom is 0.0541 e. The van der Waals surface area contributed by atoms with Crippen molar-refractivity contribution in [3.63, 3.8) is 0 Å². The molecule has 0 radical (unpaired) electrons. The van der Waals surface area contributed by atoms with Gasteiger partial charge in [-0.3, -0.25) is 0 Å². The second-order valence-corrected chi connectivity index (χ2v) is 14.9. The van der Waals surface area contributed by atoms with Crippen LogP contribution >= 0.6 is 0 Å². The van der Waals surface area contributed by atoms with Gasteiger partial charge in [-0.05, 0) is 123 Å². The minimum Gasteiger partial charge on any atom is -0.313 e. The average Bonchev–Trinajstić information content (AvgIpc) is 3.85. The molecule has 264 valence electrons. The molecule has 8 aromatic carbocycles. The van der Waals surface area contributed by atoms with E-state index in [2.05, 4.69) is 215 Å². The van der Waals surface area contributed by atoms with Crippen molar-refractivity contribution in [1.29, 1.82) is 0 Å². The van der Waals surface area contributed by atoms with Gasteiger partial charge < -0.3 is 9.13 Å². The summed E-state index contributed by atoms with van der Waals surface area (Å²) in [6.45, 7) is 0. The summed E-state index contributed by atoms with van der Waals surface area (Å²) in [5.74, 6) is 0. The fraction of sp³-hybridized carbons (Fsp3) is 0.0370. The maximum absolute atomic E-state index is 2.50. The lowest BCUT2D eigenvalue weighted by molar-refractivity contribution is 0.887. The third-order valence-corrected chi connectivity index (χ3v) is 11.6. The lowest BCUT2D eigenvalue weighted by atomic mass is 9.91. The Hall–Kier alpha value is -7.16. The van der Waals surface area contributed by atoms with Crippen LogP contribution in [-0.4, -0.2) is 9.13 Å². The molecule has 0 fully saturated rings. The highest BCUT2D eigenvalue weighted by Crippen LogP contribution is 2.41. The monoisotopic (exact) mass is 714 g/mol. The lowest BCUT2D eigenvalue weighted by Gasteiger charge is -2.19. The quantitative estimate of drug-likeness (QED) is 0.162. The minimum atomic E-state index is 0.958. The molecular weight excluding hydrogens is 677 g/mol. The van der Waals surface area contributed by atoms with Gasteiger partial charge in [0.25, 0.3) is 0 Å². The van der Waals surface area contributed by atoms with Crippen LogP contribution in [0.15, 0.2) is 200 Å². The number of allylic oxidation sites excluding steroid dienone is 1. The van der Waals surface area contributed by atoms with Gasteiger partial charge in [0.1, 0.15) is 0 Å². The lowest BCUT2D eigenvalue weighted by Crippen LogP contribution is -2.06. The zero-order valence-corrected chi connectivity index (χ0v) is 30.9. The number of aromatic nitrogens is 2. The molecule has 56 heavy (non-hydrogen) atoms. The van der Waals surface area contributed by atoms with E-state index in [1.807, 2.05) is 0 Å². The normalized spacial score (nSPS) is 12.6. The summed E-state index contributed by atoms with van der Waals surface area (Å²) in [5, 5.41) is 6.25. The molecule has 0 saturated heterocycles. The average molecular weight is 715 g/mol. The molecule has 0 atom stereocenters. The fourth-order valence-electron chi connectivity index (χ4n) is 8.88. The van der Waals surface area contributed by atoms with Crippen molar-refractivity contribution in [3.8, 4) is 45.0 Å². The molecular formula is C54H38N2. The van der Waals surface area contributed by atoms with Crippen molar-refractivity contribution in [2.45, 2.75) is 12.8 Å². The Kier molecular flexibility index (Phi) is 7.67. The standard InChI is InChI=1S/C54H38N2/c1-3-12-37(13-4-1)39-24-28-48(29-25-39)55-50-30-26-43(33-46(50)36-54(55)45-23-22-38-14-7-8-18-42(38)32-45)44-27-31-51-47(34-44)35-53(41-16-5-2-6-17-41)56(51)52-21-11-19-40-15-9-10-20-49(40)52/h1-25,27-29,31-36H,26,30H2. The topological polar surface area (TPSA) is 9.86 Å². The number of hydrogen-bond donors (Lipinski definition) is 0. The molecule has 0 bridgehead atoms. The van der Waals surface area contributed by atoms with Crippen LogP contribution in [-0.2, 0) is 6.42 Å². The van der Waals surface area contributed by atoms with Crippen LogP contribution < -0.4 is 0 Å². The van der Waals surface area contributed by atoms with Gasteiger partial charge in [0.2, 0.25) is 0 Å². The van der Waals surface area contributed by atoms with E-state index in [0.717, 1.165) is 12.8 Å². The number of hydrogen-bond acceptors (Lipinski definition) is 0. The third kappa shape index (κ3) is 5.49. The summed E-state index contributed by atoms with van der Waals surface area (Å²) in [4.78, 5) is 0. The molecule has 2 heterocycles. The van der Waals surface area contributed by atoms with E-state index < -0.39 is 0 Å². The molecule has 2 aromatic heterocycles. The van der Waals surface area contributed by atoms with Crippen LogP contribution in [0.3, 0.4) is 0 Å². The number of rotatable bonds is 6. The first-order valence-corrected chi connectivity index (χ1v) is 19.5. The molecule has 0 N–H and O–H groups in total. The SMILES string of the molecule is C1=C(c2ccc3c(c2)cc(-c2ccccc2)n3-c2cccc3ccccc23)CCc2c1cc(-c1ccc3ccccc3c1)n2-c1ccc(-c2ccccc2)cc1. The third-order valence-electron chi connectivity index (χ3n) is 11.6. The van der Waals surface area contributed by atoms with Gasteiger partial charge in [-0.2, -0.15) is 0 Å². The summed E-state index contributed by atoms with van der Waals surface area (Å²) in [6.07, 6.45) is 4.37. The van der Waals surface area contributed by atoms with Gasteiger partial charge in [-0.25, -0.2) is 0 Å². The Bertz CT molecular complexity index is 3100. The van der Waals surface area contributed by atoms with Crippen LogP contribution in [0, 0.1) is 0 Å². The number of nitrogens with zero attached hydrogens (tertiary/aromatic N) is 2. The molecule has 0 unspecified atom stereocenters. The zero-order chi connectivity index (χ0) is 37.0. The van der Waals surface area contributed by atoms with E-state index in [4.69, 9.17) is 0 Å². The summed E-state index contributed by atoms with van der Waals surface area (Å²) >= 11 is 0. The Morgan fingerprint density at radius 2 is 0.982 bits per heavy atom. The predicted octanol–water partition coefficient (Wildman–Crippen LogP) is 14.2. The second-order valence-electron chi connectivity index (χ2n) is 14.9. The van der Waals surface area contributed by atoms with Crippen molar-refractivity contribution in [2.24, 2.45) is 0 Å². The summed E-state index contributed by atoms with van der Waals surface area (Å²) in [5.41, 5.74) is 16.2. The van der Waals surface area contributed by atoms with E-state index in [1.165, 1.54) is 99.9 Å². The highest BCUT2D eigenvalue weighted by Gasteiger charge is 2.23. The first-order chi connectivity index (χ1) is 27.7. The second kappa shape index (κ2) is 13.3. The van der Waals surface area contributed by atoms with Gasteiger partial charge >= 0.3 is 0 Å². The summed E-state index contributed by atoms with van der Waals surface area (Å²) < 4.78 is 4.95. The van der Waals surface area contributed by atoms with Crippen molar-refractivity contribution in [2.75, 3.05) is 0 Å². The molecule has 1 aliphatic carbocycles. The first-order valence-electron chi connectivity index (χ1n) is 19.5. The van der Waals surface area contributed by atoms with E-state index in [1.54, 1.807) is 0 Å². The number of fused-ring (bicyclic) bond motifs is 4. The zero-order valence-electron chi connectivity index (χ0n) is 30.9. The Morgan fingerprint density at radius 1 is 0.357 bits per heavy atom. The van der Waals surface area contributed by atoms with E-state index in [-0.39, 0.29) is 0 Å². The van der Waals surface area contributed by atoms with E-state index >= 15 is 0 Å². The van der Waals surface area contributed by atoms with Gasteiger partial charge in [0.05, 0.1) is 22.6 Å². The predicted molar refractivity (Wildman–Crippen MR) is 237 cm³/mol. The van der Waals surface area contributed by atoms with Crippen molar-refractivity contribution in [3.05, 3.63) is 217 Å². The van der Waals surface area contributed by atoms with Crippen molar-refractivity contribution in [1.82, 2.24) is 9.13 Å². The van der Waals surface area contributed by atoms with Crippen LogP contribution in [0.4, 0.5) is 0 Å². The molecule has 0 saturated carbocycles. The van der Waals surface area contributed by atoms with Crippen molar-refractivity contribution >= 4 is 44.1 Å². The molecule has 0 aliphatic heterocycles. The Morgan fingerprint density at radius 3 is 1.80 bits per heavy atom. The molecule has 2 heteroatoms. The minimum absolute atomic E-state index is 0.958. The first kappa shape index (κ1) is 32.3. The molecule has 0 amide bonds. The van der Waals surface area contributed by atoms with E-state index in [9.17, 15) is 0 Å². The Balaban J connectivity index is 1.04. The van der Waals surface area contributed by atoms with Gasteiger partial charge in [0.15, 0.2) is 0 Å². The highest BCUT2D eigenvalue weighted by atomic mass is 15.0. The smallest absolute Gasteiger partial charge is 0.0541 e. The highest BCUT2D eigenvalue weighted by molar-refractivity contribution is 5.98. The summed E-state index contributed by atoms with van der Waals surface area (Å²) in [6, 6.07) is 73.2. The largest absolute Gasteiger partial charge is 0.313 e. The molecule has 0 spiro atoms. The van der Waals surface area contributed by atoms with Crippen LogP contribution in [0.25, 0.3) is 89.1 Å². The molecule has 2 nitrogen and oxygen atoms in total. The Labute approximate surface area is 326 Å². The van der Waals surface area contributed by atoms with Crippen LogP contribution in [0.1, 0.15) is 23.2 Å². The van der Waals surface area contributed by atoms with Gasteiger partial charge in [0, 0.05) is 22.2 Å². The van der Waals surface area contributed by atoms with Crippen LogP contribution in [0.2, 0.25) is 0 Å². The van der Waals surface area contributed by atoms with Crippen molar-refractivity contribution < 1.29 is 0 Å². The van der Waals surface area contributed by atoms with Gasteiger partial charge in [-0.15, -0.1) is 0 Å². The maximum atomic E-state index is 2.50.